The zero-order valence-corrected chi connectivity index (χ0v) is 13.9. The molecule has 1 aromatic carbocycles. The van der Waals surface area contributed by atoms with Crippen molar-refractivity contribution in [2.75, 3.05) is 6.61 Å². The highest BCUT2D eigenvalue weighted by Crippen LogP contribution is 2.44. The first-order chi connectivity index (χ1) is 9.64. The fraction of sp³-hybridized carbons (Fsp3) is 0.600. The van der Waals surface area contributed by atoms with Gasteiger partial charge in [0.2, 0.25) is 0 Å². The van der Waals surface area contributed by atoms with Crippen LogP contribution in [0.4, 0.5) is 0 Å². The van der Waals surface area contributed by atoms with Crippen LogP contribution < -0.4 is 4.52 Å². The molecule has 20 heavy (non-hydrogen) atoms. The monoisotopic (exact) mass is 316 g/mol. The van der Waals surface area contributed by atoms with E-state index in [0.29, 0.717) is 12.4 Å². The summed E-state index contributed by atoms with van der Waals surface area (Å²) in [6, 6.07) is 9.07. The normalized spacial score (nSPS) is 13.9. The lowest BCUT2D eigenvalue weighted by molar-refractivity contribution is 0.250. The lowest BCUT2D eigenvalue weighted by Crippen LogP contribution is -1.99. The second kappa shape index (κ2) is 10.3. The van der Waals surface area contributed by atoms with Crippen LogP contribution >= 0.6 is 6.72 Å². The SMILES string of the molecule is CCCCCCCCCOP(O)(=S)Oc1ccccc1. The van der Waals surface area contributed by atoms with Gasteiger partial charge >= 0.3 is 6.72 Å². The van der Waals surface area contributed by atoms with E-state index in [-0.39, 0.29) is 0 Å². The molecule has 0 aliphatic carbocycles. The molecule has 1 unspecified atom stereocenters. The van der Waals surface area contributed by atoms with Crippen LogP contribution in [0.25, 0.3) is 0 Å². The second-order valence-corrected chi connectivity index (χ2v) is 7.59. The zero-order chi connectivity index (χ0) is 14.7. The third-order valence-electron chi connectivity index (χ3n) is 2.97. The average Bonchev–Trinajstić information content (AvgIpc) is 2.42. The van der Waals surface area contributed by atoms with Crippen molar-refractivity contribution in [3.05, 3.63) is 30.3 Å². The molecule has 0 saturated heterocycles. The first kappa shape index (κ1) is 17.6. The molecule has 0 radical (unpaired) electrons. The average molecular weight is 316 g/mol. The van der Waals surface area contributed by atoms with Gasteiger partial charge in [0.15, 0.2) is 0 Å². The van der Waals surface area contributed by atoms with Crippen LogP contribution in [0, 0.1) is 0 Å². The first-order valence-corrected chi connectivity index (χ1v) is 9.95. The molecular formula is C15H25O3PS. The molecule has 0 fully saturated rings. The molecule has 0 bridgehead atoms. The van der Waals surface area contributed by atoms with Crippen LogP contribution in [-0.4, -0.2) is 11.5 Å². The Morgan fingerprint density at radius 2 is 1.60 bits per heavy atom. The minimum atomic E-state index is -3.15. The number of benzene rings is 1. The summed E-state index contributed by atoms with van der Waals surface area (Å²) in [6.45, 7) is -0.464. The second-order valence-electron chi connectivity index (χ2n) is 4.83. The van der Waals surface area contributed by atoms with E-state index >= 15 is 0 Å². The molecule has 5 heteroatoms. The Morgan fingerprint density at radius 3 is 2.25 bits per heavy atom. The molecule has 3 nitrogen and oxygen atoms in total. The van der Waals surface area contributed by atoms with Gasteiger partial charge in [-0.05, 0) is 18.6 Å². The standard InChI is InChI=1S/C15H25O3PS/c1-2-3-4-5-6-7-11-14-17-19(16,20)18-15-12-9-8-10-13-15/h8-10,12-13H,2-7,11,14H2,1H3,(H,16,20). The van der Waals surface area contributed by atoms with E-state index < -0.39 is 6.72 Å². The Labute approximate surface area is 127 Å². The van der Waals surface area contributed by atoms with E-state index in [9.17, 15) is 4.89 Å². The van der Waals surface area contributed by atoms with E-state index in [0.717, 1.165) is 12.8 Å². The lowest BCUT2D eigenvalue weighted by Gasteiger charge is -2.16. The summed E-state index contributed by atoms with van der Waals surface area (Å²) in [7, 11) is 0. The third kappa shape index (κ3) is 8.70. The number of para-hydroxylation sites is 1. The zero-order valence-electron chi connectivity index (χ0n) is 12.2. The van der Waals surface area contributed by atoms with Gasteiger partial charge in [0.05, 0.1) is 6.61 Å². The van der Waals surface area contributed by atoms with Crippen molar-refractivity contribution >= 4 is 18.5 Å². The number of hydrogen-bond donors (Lipinski definition) is 1. The van der Waals surface area contributed by atoms with Gasteiger partial charge in [-0.1, -0.05) is 63.6 Å². The van der Waals surface area contributed by atoms with Gasteiger partial charge in [-0.25, -0.2) is 0 Å². The highest BCUT2D eigenvalue weighted by molar-refractivity contribution is 8.07. The van der Waals surface area contributed by atoms with Crippen LogP contribution in [0.5, 0.6) is 5.75 Å². The van der Waals surface area contributed by atoms with Crippen LogP contribution in [0.15, 0.2) is 30.3 Å². The minimum Gasteiger partial charge on any atom is -0.424 e. The Balaban J connectivity index is 2.09. The smallest absolute Gasteiger partial charge is 0.377 e. The van der Waals surface area contributed by atoms with Gasteiger partial charge in [0, 0.05) is 11.8 Å². The summed E-state index contributed by atoms with van der Waals surface area (Å²) in [5, 5.41) is 0. The van der Waals surface area contributed by atoms with Crippen molar-refractivity contribution in [2.24, 2.45) is 0 Å². The molecule has 1 aromatic rings. The van der Waals surface area contributed by atoms with E-state index in [1.807, 2.05) is 18.2 Å². The molecule has 0 heterocycles. The maximum absolute atomic E-state index is 9.92. The summed E-state index contributed by atoms with van der Waals surface area (Å²) in [4.78, 5) is 9.92. The van der Waals surface area contributed by atoms with Gasteiger partial charge in [-0.2, -0.15) is 0 Å². The molecular weight excluding hydrogens is 291 g/mol. The summed E-state index contributed by atoms with van der Waals surface area (Å²) in [6.07, 6.45) is 8.44. The lowest BCUT2D eigenvalue weighted by atomic mass is 10.1. The van der Waals surface area contributed by atoms with Crippen LogP contribution in [0.3, 0.4) is 0 Å². The number of unbranched alkanes of at least 4 members (excludes halogenated alkanes) is 6. The summed E-state index contributed by atoms with van der Waals surface area (Å²) in [5.74, 6) is 0.554. The Kier molecular flexibility index (Phi) is 9.12. The molecule has 0 aliphatic rings. The molecule has 1 N–H and O–H groups in total. The quantitative estimate of drug-likeness (QED) is 0.458. The van der Waals surface area contributed by atoms with E-state index in [1.165, 1.54) is 32.1 Å². The number of rotatable bonds is 11. The van der Waals surface area contributed by atoms with Crippen molar-refractivity contribution in [2.45, 2.75) is 51.9 Å². The predicted octanol–water partition coefficient (Wildman–Crippen LogP) is 5.05. The number of hydrogen-bond acceptors (Lipinski definition) is 3. The topological polar surface area (TPSA) is 38.7 Å². The molecule has 0 amide bonds. The maximum atomic E-state index is 9.92. The van der Waals surface area contributed by atoms with Crippen LogP contribution in [0.1, 0.15) is 51.9 Å². The minimum absolute atomic E-state index is 0.467. The highest BCUT2D eigenvalue weighted by atomic mass is 32.5. The third-order valence-corrected chi connectivity index (χ3v) is 4.46. The van der Waals surface area contributed by atoms with Gasteiger partial charge < -0.3 is 9.42 Å². The molecule has 1 atom stereocenters. The summed E-state index contributed by atoms with van der Waals surface area (Å²) < 4.78 is 10.6. The van der Waals surface area contributed by atoms with Gasteiger partial charge in [-0.3, -0.25) is 4.52 Å². The van der Waals surface area contributed by atoms with E-state index in [4.69, 9.17) is 20.9 Å². The van der Waals surface area contributed by atoms with Crippen molar-refractivity contribution in [1.29, 1.82) is 0 Å². The maximum Gasteiger partial charge on any atom is 0.377 e. The highest BCUT2D eigenvalue weighted by Gasteiger charge is 2.16. The van der Waals surface area contributed by atoms with Crippen LogP contribution in [-0.2, 0) is 16.3 Å². The Hall–Kier alpha value is -0.410. The van der Waals surface area contributed by atoms with Crippen molar-refractivity contribution in [1.82, 2.24) is 0 Å². The summed E-state index contributed by atoms with van der Waals surface area (Å²) >= 11 is 4.98. The molecule has 0 aromatic heterocycles. The van der Waals surface area contributed by atoms with E-state index in [2.05, 4.69) is 6.92 Å². The first-order valence-electron chi connectivity index (χ1n) is 7.36. The van der Waals surface area contributed by atoms with Gasteiger partial charge in [0.1, 0.15) is 5.75 Å². The molecule has 0 spiro atoms. The van der Waals surface area contributed by atoms with Gasteiger partial charge in [0.25, 0.3) is 0 Å². The fourth-order valence-electron chi connectivity index (χ4n) is 1.88. The summed E-state index contributed by atoms with van der Waals surface area (Å²) in [5.41, 5.74) is 0. The van der Waals surface area contributed by atoms with Crippen LogP contribution in [0.2, 0.25) is 0 Å². The van der Waals surface area contributed by atoms with Crippen molar-refractivity contribution in [3.63, 3.8) is 0 Å². The van der Waals surface area contributed by atoms with E-state index in [1.54, 1.807) is 12.1 Å². The largest absolute Gasteiger partial charge is 0.424 e. The van der Waals surface area contributed by atoms with Gasteiger partial charge in [-0.15, -0.1) is 0 Å². The van der Waals surface area contributed by atoms with Crippen molar-refractivity contribution in [3.8, 4) is 5.75 Å². The molecule has 0 aliphatic heterocycles. The Bertz CT molecular complexity index is 397. The molecule has 0 saturated carbocycles. The fourth-order valence-corrected chi connectivity index (χ4v) is 3.16. The molecule has 1 rings (SSSR count). The predicted molar refractivity (Wildman–Crippen MR) is 87.5 cm³/mol. The molecule has 114 valence electrons. The van der Waals surface area contributed by atoms with Crippen molar-refractivity contribution < 1.29 is 13.9 Å². The Morgan fingerprint density at radius 1 is 1.00 bits per heavy atom.